The second-order valence-electron chi connectivity index (χ2n) is 7.67. The van der Waals surface area contributed by atoms with E-state index in [1.165, 1.54) is 37.3 Å². The van der Waals surface area contributed by atoms with Crippen molar-refractivity contribution in [2.24, 2.45) is 0 Å². The summed E-state index contributed by atoms with van der Waals surface area (Å²) < 4.78 is 1.19. The molecule has 1 atom stereocenters. The second kappa shape index (κ2) is 7.55. The number of fused-ring (bicyclic) bond motifs is 1. The van der Waals surface area contributed by atoms with E-state index in [0.717, 1.165) is 25.7 Å². The van der Waals surface area contributed by atoms with Gasteiger partial charge >= 0.3 is 6.09 Å². The fourth-order valence-corrected chi connectivity index (χ4v) is 5.16. The van der Waals surface area contributed by atoms with Gasteiger partial charge in [-0.1, -0.05) is 40.2 Å². The molecule has 1 heterocycles. The van der Waals surface area contributed by atoms with Crippen molar-refractivity contribution in [2.75, 3.05) is 18.4 Å². The molecule has 142 valence electrons. The number of piperidine rings is 1. The molecule has 1 amide bonds. The highest BCUT2D eigenvalue weighted by Gasteiger charge is 2.26. The molecule has 0 spiro atoms. The van der Waals surface area contributed by atoms with E-state index < -0.39 is 6.09 Å². The van der Waals surface area contributed by atoms with Gasteiger partial charge in [0.25, 0.3) is 0 Å². The SMILES string of the molecule is Cc1cc(C2CCN(C(=O)O)CC2)ccc1NC1CCc2cccc(Br)c21. The van der Waals surface area contributed by atoms with E-state index in [-0.39, 0.29) is 0 Å². The number of anilines is 1. The molecule has 2 aromatic rings. The van der Waals surface area contributed by atoms with Crippen LogP contribution in [-0.2, 0) is 6.42 Å². The van der Waals surface area contributed by atoms with E-state index in [4.69, 9.17) is 5.11 Å². The molecule has 2 aliphatic rings. The van der Waals surface area contributed by atoms with Crippen molar-refractivity contribution in [2.45, 2.75) is 44.6 Å². The number of rotatable bonds is 3. The van der Waals surface area contributed by atoms with Crippen molar-refractivity contribution in [1.82, 2.24) is 4.90 Å². The average molecular weight is 429 g/mol. The molecule has 2 aromatic carbocycles. The maximum Gasteiger partial charge on any atom is 0.407 e. The molecule has 0 bridgehead atoms. The highest BCUT2D eigenvalue weighted by atomic mass is 79.9. The Morgan fingerprint density at radius 2 is 1.96 bits per heavy atom. The predicted molar refractivity (Wildman–Crippen MR) is 112 cm³/mol. The summed E-state index contributed by atoms with van der Waals surface area (Å²) in [6.45, 7) is 3.42. The number of halogens is 1. The molecule has 0 aromatic heterocycles. The Morgan fingerprint density at radius 1 is 1.19 bits per heavy atom. The molecule has 1 aliphatic heterocycles. The Morgan fingerprint density at radius 3 is 2.67 bits per heavy atom. The van der Waals surface area contributed by atoms with Crippen molar-refractivity contribution in [3.05, 3.63) is 63.1 Å². The molecule has 1 aliphatic carbocycles. The number of benzene rings is 2. The zero-order valence-corrected chi connectivity index (χ0v) is 17.1. The Kier molecular flexibility index (Phi) is 5.13. The topological polar surface area (TPSA) is 52.6 Å². The standard InChI is InChI=1S/C22H25BrN2O2/c1-14-13-17(15-9-11-25(12-10-15)22(26)27)6-7-19(14)24-20-8-5-16-3-2-4-18(23)21(16)20/h2-4,6-7,13,15,20,24H,5,8-12H2,1H3,(H,26,27). The van der Waals surface area contributed by atoms with Crippen LogP contribution in [0.15, 0.2) is 40.9 Å². The maximum absolute atomic E-state index is 11.1. The second-order valence-corrected chi connectivity index (χ2v) is 8.52. The lowest BCUT2D eigenvalue weighted by Gasteiger charge is -2.30. The number of amides is 1. The van der Waals surface area contributed by atoms with Gasteiger partial charge in [-0.2, -0.15) is 0 Å². The maximum atomic E-state index is 11.1. The smallest absolute Gasteiger partial charge is 0.407 e. The Bertz CT molecular complexity index is 859. The van der Waals surface area contributed by atoms with Crippen molar-refractivity contribution in [3.8, 4) is 0 Å². The van der Waals surface area contributed by atoms with Crippen LogP contribution in [-0.4, -0.2) is 29.2 Å². The first-order chi connectivity index (χ1) is 13.0. The van der Waals surface area contributed by atoms with Crippen LogP contribution < -0.4 is 5.32 Å². The first kappa shape index (κ1) is 18.4. The third-order valence-corrected chi connectivity index (χ3v) is 6.70. The first-order valence-electron chi connectivity index (χ1n) is 9.65. The van der Waals surface area contributed by atoms with E-state index in [1.807, 2.05) is 0 Å². The first-order valence-corrected chi connectivity index (χ1v) is 10.4. The number of hydrogen-bond donors (Lipinski definition) is 2. The number of nitrogens with one attached hydrogen (secondary N) is 1. The third kappa shape index (κ3) is 3.70. The number of nitrogens with zero attached hydrogens (tertiary/aromatic N) is 1. The molecule has 0 saturated carbocycles. The van der Waals surface area contributed by atoms with E-state index in [1.54, 1.807) is 0 Å². The van der Waals surface area contributed by atoms with Crippen LogP contribution in [0.3, 0.4) is 0 Å². The molecular weight excluding hydrogens is 404 g/mol. The molecule has 0 radical (unpaired) electrons. The highest BCUT2D eigenvalue weighted by Crippen LogP contribution is 2.39. The lowest BCUT2D eigenvalue weighted by molar-refractivity contribution is 0.132. The normalized spacial score (nSPS) is 19.8. The van der Waals surface area contributed by atoms with E-state index in [2.05, 4.69) is 64.6 Å². The van der Waals surface area contributed by atoms with Crippen molar-refractivity contribution in [1.29, 1.82) is 0 Å². The summed E-state index contributed by atoms with van der Waals surface area (Å²) in [6.07, 6.45) is 3.24. The van der Waals surface area contributed by atoms with Gasteiger partial charge in [-0.3, -0.25) is 0 Å². The number of aryl methyl sites for hydroxylation is 2. The summed E-state index contributed by atoms with van der Waals surface area (Å²) >= 11 is 3.71. The average Bonchev–Trinajstić information content (AvgIpc) is 3.08. The zero-order chi connectivity index (χ0) is 19.0. The summed E-state index contributed by atoms with van der Waals surface area (Å²) in [5, 5.41) is 12.9. The number of hydrogen-bond acceptors (Lipinski definition) is 2. The van der Waals surface area contributed by atoms with Gasteiger partial charge in [0.15, 0.2) is 0 Å². The zero-order valence-electron chi connectivity index (χ0n) is 15.5. The summed E-state index contributed by atoms with van der Waals surface area (Å²) in [7, 11) is 0. The summed E-state index contributed by atoms with van der Waals surface area (Å²) in [4.78, 5) is 12.6. The van der Waals surface area contributed by atoms with E-state index in [0.29, 0.717) is 25.0 Å². The summed E-state index contributed by atoms with van der Waals surface area (Å²) in [6, 6.07) is 13.5. The van der Waals surface area contributed by atoms with Gasteiger partial charge in [-0.15, -0.1) is 0 Å². The molecule has 1 unspecified atom stereocenters. The molecule has 1 saturated heterocycles. The minimum atomic E-state index is -0.799. The lowest BCUT2D eigenvalue weighted by atomic mass is 9.88. The minimum Gasteiger partial charge on any atom is -0.465 e. The minimum absolute atomic E-state index is 0.346. The van der Waals surface area contributed by atoms with E-state index in [9.17, 15) is 4.79 Å². The van der Waals surface area contributed by atoms with Crippen molar-refractivity contribution in [3.63, 3.8) is 0 Å². The van der Waals surface area contributed by atoms with Gasteiger partial charge in [0.05, 0.1) is 6.04 Å². The van der Waals surface area contributed by atoms with Crippen LogP contribution in [0.1, 0.15) is 53.5 Å². The van der Waals surface area contributed by atoms with Gasteiger partial charge in [-0.05, 0) is 72.9 Å². The van der Waals surface area contributed by atoms with Gasteiger partial charge in [0.1, 0.15) is 0 Å². The van der Waals surface area contributed by atoms with Crippen molar-refractivity contribution >= 4 is 27.7 Å². The highest BCUT2D eigenvalue weighted by molar-refractivity contribution is 9.10. The van der Waals surface area contributed by atoms with Gasteiger partial charge < -0.3 is 15.3 Å². The molecular formula is C22H25BrN2O2. The van der Waals surface area contributed by atoms with E-state index >= 15 is 0 Å². The van der Waals surface area contributed by atoms with Gasteiger partial charge in [0, 0.05) is 23.2 Å². The van der Waals surface area contributed by atoms with Crippen LogP contribution in [0, 0.1) is 6.92 Å². The summed E-state index contributed by atoms with van der Waals surface area (Å²) in [5.41, 5.74) is 6.60. The van der Waals surface area contributed by atoms with Crippen LogP contribution in [0.5, 0.6) is 0 Å². The fraction of sp³-hybridized carbons (Fsp3) is 0.409. The third-order valence-electron chi connectivity index (χ3n) is 6.01. The fourth-order valence-electron chi connectivity index (χ4n) is 4.47. The number of carbonyl (C=O) groups is 1. The quantitative estimate of drug-likeness (QED) is 0.657. The molecule has 4 nitrogen and oxygen atoms in total. The van der Waals surface area contributed by atoms with Gasteiger partial charge in [-0.25, -0.2) is 4.79 Å². The Labute approximate surface area is 168 Å². The van der Waals surface area contributed by atoms with Crippen LogP contribution in [0.25, 0.3) is 0 Å². The molecule has 4 rings (SSSR count). The molecule has 1 fully saturated rings. The van der Waals surface area contributed by atoms with Crippen molar-refractivity contribution < 1.29 is 9.90 Å². The molecule has 2 N–H and O–H groups in total. The number of likely N-dealkylation sites (tertiary alicyclic amines) is 1. The van der Waals surface area contributed by atoms with Crippen LogP contribution >= 0.6 is 15.9 Å². The summed E-state index contributed by atoms with van der Waals surface area (Å²) in [5.74, 6) is 0.453. The van der Waals surface area contributed by atoms with Crippen LogP contribution in [0.4, 0.5) is 10.5 Å². The number of carboxylic acid groups (broad SMARTS) is 1. The Balaban J connectivity index is 1.47. The van der Waals surface area contributed by atoms with Crippen LogP contribution in [0.2, 0.25) is 0 Å². The molecule has 5 heteroatoms. The predicted octanol–water partition coefficient (Wildman–Crippen LogP) is 5.71. The largest absolute Gasteiger partial charge is 0.465 e. The van der Waals surface area contributed by atoms with Gasteiger partial charge in [0.2, 0.25) is 0 Å². The lowest BCUT2D eigenvalue weighted by Crippen LogP contribution is -2.36. The Hall–Kier alpha value is -2.01. The monoisotopic (exact) mass is 428 g/mol. The molecule has 27 heavy (non-hydrogen) atoms.